The summed E-state index contributed by atoms with van der Waals surface area (Å²) in [6.45, 7) is 5.94. The number of rotatable bonds is 3. The average Bonchev–Trinajstić information content (AvgIpc) is 2.65. The molecule has 0 aliphatic rings. The number of hydrogen-bond acceptors (Lipinski definition) is 6. The van der Waals surface area contributed by atoms with Crippen molar-refractivity contribution in [2.24, 2.45) is 5.41 Å². The Balaban J connectivity index is 2.56. The Morgan fingerprint density at radius 3 is 2.65 bits per heavy atom. The summed E-state index contributed by atoms with van der Waals surface area (Å²) in [5, 5.41) is 23.0. The van der Waals surface area contributed by atoms with E-state index < -0.39 is 4.92 Å². The highest BCUT2D eigenvalue weighted by Gasteiger charge is 2.29. The van der Waals surface area contributed by atoms with Crippen LogP contribution >= 0.6 is 0 Å². The van der Waals surface area contributed by atoms with Gasteiger partial charge >= 0.3 is 5.69 Å². The van der Waals surface area contributed by atoms with E-state index in [2.05, 4.69) is 15.3 Å². The standard InChI is InChI=1S/C12H16N6O2/c1-12(2,3)7-8-10(18(19)20)11(13)17(16-8)9-5-4-6-14-15-9/h4-6H,7,13H2,1-3H3. The maximum absolute atomic E-state index is 11.2. The van der Waals surface area contributed by atoms with E-state index in [1.807, 2.05) is 20.8 Å². The van der Waals surface area contributed by atoms with Crippen LogP contribution in [0.5, 0.6) is 0 Å². The van der Waals surface area contributed by atoms with Gasteiger partial charge in [-0.2, -0.15) is 14.9 Å². The van der Waals surface area contributed by atoms with Crippen LogP contribution in [0.25, 0.3) is 5.82 Å². The highest BCUT2D eigenvalue weighted by atomic mass is 16.6. The van der Waals surface area contributed by atoms with Crippen molar-refractivity contribution in [1.29, 1.82) is 0 Å². The Morgan fingerprint density at radius 2 is 2.15 bits per heavy atom. The van der Waals surface area contributed by atoms with E-state index in [1.165, 1.54) is 10.9 Å². The van der Waals surface area contributed by atoms with Crippen LogP contribution in [0, 0.1) is 15.5 Å². The predicted octanol–water partition coefficient (Wildman–Crippen LogP) is 1.74. The minimum atomic E-state index is -0.504. The smallest absolute Gasteiger partial charge is 0.334 e. The Morgan fingerprint density at radius 1 is 1.45 bits per heavy atom. The van der Waals surface area contributed by atoms with Crippen LogP contribution in [0.15, 0.2) is 18.3 Å². The summed E-state index contributed by atoms with van der Waals surface area (Å²) in [6.07, 6.45) is 1.95. The van der Waals surface area contributed by atoms with Gasteiger partial charge in [-0.3, -0.25) is 10.1 Å². The highest BCUT2D eigenvalue weighted by molar-refractivity contribution is 5.59. The number of nitrogen functional groups attached to an aromatic ring is 1. The van der Waals surface area contributed by atoms with Crippen molar-refractivity contribution in [1.82, 2.24) is 20.0 Å². The van der Waals surface area contributed by atoms with Crippen molar-refractivity contribution in [3.05, 3.63) is 34.1 Å². The molecule has 0 aliphatic heterocycles. The van der Waals surface area contributed by atoms with E-state index in [4.69, 9.17) is 5.73 Å². The number of nitrogens with two attached hydrogens (primary N) is 1. The highest BCUT2D eigenvalue weighted by Crippen LogP contribution is 2.32. The van der Waals surface area contributed by atoms with Crippen LogP contribution in [-0.2, 0) is 6.42 Å². The molecule has 2 aromatic rings. The van der Waals surface area contributed by atoms with E-state index in [0.29, 0.717) is 17.9 Å². The van der Waals surface area contributed by atoms with Crippen molar-refractivity contribution < 1.29 is 4.92 Å². The topological polar surface area (TPSA) is 113 Å². The van der Waals surface area contributed by atoms with Gasteiger partial charge in [0, 0.05) is 12.6 Å². The van der Waals surface area contributed by atoms with Gasteiger partial charge in [0.1, 0.15) is 5.69 Å². The fraction of sp³-hybridized carbons (Fsp3) is 0.417. The molecule has 0 aromatic carbocycles. The third-order valence-corrected chi connectivity index (χ3v) is 2.62. The minimum Gasteiger partial charge on any atom is -0.378 e. The molecule has 0 fully saturated rings. The molecule has 0 amide bonds. The quantitative estimate of drug-likeness (QED) is 0.674. The largest absolute Gasteiger partial charge is 0.378 e. The summed E-state index contributed by atoms with van der Waals surface area (Å²) in [6, 6.07) is 3.31. The zero-order valence-corrected chi connectivity index (χ0v) is 11.6. The van der Waals surface area contributed by atoms with Crippen LogP contribution in [0.3, 0.4) is 0 Å². The van der Waals surface area contributed by atoms with Crippen molar-refractivity contribution in [2.45, 2.75) is 27.2 Å². The van der Waals surface area contributed by atoms with Gasteiger partial charge in [0.15, 0.2) is 5.82 Å². The summed E-state index contributed by atoms with van der Waals surface area (Å²) in [5.41, 5.74) is 5.90. The van der Waals surface area contributed by atoms with Crippen molar-refractivity contribution in [3.63, 3.8) is 0 Å². The van der Waals surface area contributed by atoms with Gasteiger partial charge in [0.05, 0.1) is 4.92 Å². The first-order valence-electron chi connectivity index (χ1n) is 6.09. The van der Waals surface area contributed by atoms with Gasteiger partial charge in [-0.1, -0.05) is 20.8 Å². The molecule has 0 radical (unpaired) electrons. The number of nitrogens with zero attached hydrogens (tertiary/aromatic N) is 5. The second-order valence-corrected chi connectivity index (χ2v) is 5.67. The van der Waals surface area contributed by atoms with Crippen LogP contribution in [0.2, 0.25) is 0 Å². The number of hydrogen-bond donors (Lipinski definition) is 1. The predicted molar refractivity (Wildman–Crippen MR) is 73.4 cm³/mol. The fourth-order valence-electron chi connectivity index (χ4n) is 1.87. The molecule has 0 saturated heterocycles. The molecule has 0 unspecified atom stereocenters. The normalized spacial score (nSPS) is 11.6. The molecule has 0 bridgehead atoms. The average molecular weight is 276 g/mol. The third-order valence-electron chi connectivity index (χ3n) is 2.62. The number of aromatic nitrogens is 4. The molecular weight excluding hydrogens is 260 g/mol. The van der Waals surface area contributed by atoms with Crippen LogP contribution < -0.4 is 5.73 Å². The Kier molecular flexibility index (Phi) is 3.39. The molecule has 2 N–H and O–H groups in total. The second-order valence-electron chi connectivity index (χ2n) is 5.67. The molecule has 2 heterocycles. The first-order valence-corrected chi connectivity index (χ1v) is 6.09. The zero-order chi connectivity index (χ0) is 14.9. The third kappa shape index (κ3) is 2.73. The van der Waals surface area contributed by atoms with Crippen molar-refractivity contribution in [2.75, 3.05) is 5.73 Å². The Labute approximate surface area is 115 Å². The fourth-order valence-corrected chi connectivity index (χ4v) is 1.87. The summed E-state index contributed by atoms with van der Waals surface area (Å²) >= 11 is 0. The first kappa shape index (κ1) is 13.9. The second kappa shape index (κ2) is 4.87. The molecule has 0 spiro atoms. The van der Waals surface area contributed by atoms with Crippen LogP contribution in [-0.4, -0.2) is 24.9 Å². The molecule has 8 heteroatoms. The van der Waals surface area contributed by atoms with Gasteiger partial charge in [0.25, 0.3) is 0 Å². The lowest BCUT2D eigenvalue weighted by molar-refractivity contribution is -0.384. The molecular formula is C12H16N6O2. The minimum absolute atomic E-state index is 0.0326. The lowest BCUT2D eigenvalue weighted by atomic mass is 9.90. The summed E-state index contributed by atoms with van der Waals surface area (Å²) < 4.78 is 1.26. The maximum atomic E-state index is 11.2. The molecule has 2 aromatic heterocycles. The monoisotopic (exact) mass is 276 g/mol. The van der Waals surface area contributed by atoms with E-state index >= 15 is 0 Å². The first-order chi connectivity index (χ1) is 9.29. The van der Waals surface area contributed by atoms with Gasteiger partial charge in [-0.25, -0.2) is 0 Å². The van der Waals surface area contributed by atoms with E-state index in [0.717, 1.165) is 0 Å². The molecule has 8 nitrogen and oxygen atoms in total. The van der Waals surface area contributed by atoms with Gasteiger partial charge < -0.3 is 5.73 Å². The molecule has 0 aliphatic carbocycles. The lowest BCUT2D eigenvalue weighted by Crippen LogP contribution is -2.11. The van der Waals surface area contributed by atoms with E-state index in [-0.39, 0.29) is 16.9 Å². The van der Waals surface area contributed by atoms with E-state index in [9.17, 15) is 10.1 Å². The summed E-state index contributed by atoms with van der Waals surface area (Å²) in [5.74, 6) is 0.322. The number of anilines is 1. The zero-order valence-electron chi connectivity index (χ0n) is 11.6. The number of nitro groups is 1. The molecule has 0 atom stereocenters. The molecule has 0 saturated carbocycles. The van der Waals surface area contributed by atoms with Gasteiger partial charge in [-0.15, -0.1) is 5.10 Å². The van der Waals surface area contributed by atoms with Gasteiger partial charge in [0.2, 0.25) is 5.82 Å². The molecule has 106 valence electrons. The van der Waals surface area contributed by atoms with E-state index in [1.54, 1.807) is 12.1 Å². The summed E-state index contributed by atoms with van der Waals surface area (Å²) in [4.78, 5) is 10.7. The van der Waals surface area contributed by atoms with Gasteiger partial charge in [-0.05, 0) is 17.5 Å². The Hall–Kier alpha value is -2.51. The van der Waals surface area contributed by atoms with Crippen LogP contribution in [0.1, 0.15) is 26.5 Å². The Bertz CT molecular complexity index is 629. The summed E-state index contributed by atoms with van der Waals surface area (Å²) in [7, 11) is 0. The molecule has 20 heavy (non-hydrogen) atoms. The lowest BCUT2D eigenvalue weighted by Gasteiger charge is -2.15. The SMILES string of the molecule is CC(C)(C)Cc1nn(-c2cccnn2)c(N)c1[N+](=O)[O-]. The molecule has 2 rings (SSSR count). The van der Waals surface area contributed by atoms with Crippen molar-refractivity contribution in [3.8, 4) is 5.82 Å². The van der Waals surface area contributed by atoms with Crippen molar-refractivity contribution >= 4 is 11.5 Å². The van der Waals surface area contributed by atoms with Crippen LogP contribution in [0.4, 0.5) is 11.5 Å². The maximum Gasteiger partial charge on any atom is 0.334 e.